The van der Waals surface area contributed by atoms with E-state index in [1.54, 1.807) is 18.2 Å². The second-order valence-corrected chi connectivity index (χ2v) is 10.2. The Kier molecular flexibility index (Phi) is 8.05. The van der Waals surface area contributed by atoms with Crippen LogP contribution in [0.3, 0.4) is 0 Å². The van der Waals surface area contributed by atoms with Gasteiger partial charge in [-0.25, -0.2) is 13.9 Å². The number of carbonyl (C=O) groups excluding carboxylic acids is 3. The fourth-order valence-corrected chi connectivity index (χ4v) is 5.01. The molecule has 15 nitrogen and oxygen atoms in total. The van der Waals surface area contributed by atoms with Gasteiger partial charge in [0.25, 0.3) is 0 Å². The largest absolute Gasteiger partial charge is 0.481 e. The predicted octanol–water partition coefficient (Wildman–Crippen LogP) is -0.803. The average Bonchev–Trinajstić information content (AvgIpc) is 3.02. The van der Waals surface area contributed by atoms with Crippen molar-refractivity contribution in [3.8, 4) is 0 Å². The van der Waals surface area contributed by atoms with Gasteiger partial charge in [-0.05, 0) is 0 Å². The molecule has 0 aliphatic carbocycles. The molecule has 3 rings (SSSR count). The molecule has 0 spiro atoms. The number of aliphatic hydroxyl groups excluding tert-OH is 2. The number of phosphoric acid groups is 2. The number of imide groups is 1. The molecule has 188 valence electrons. The normalized spacial score (nSPS) is 27.7. The molecule has 17 heteroatoms. The highest BCUT2D eigenvalue weighted by Crippen LogP contribution is 2.57. The summed E-state index contributed by atoms with van der Waals surface area (Å²) in [6.07, 6.45) is -6.72. The molecule has 2 saturated heterocycles. The van der Waals surface area contributed by atoms with Crippen LogP contribution >= 0.6 is 15.6 Å². The number of hydrogen-bond donors (Lipinski definition) is 5. The van der Waals surface area contributed by atoms with Crippen LogP contribution in [0.15, 0.2) is 30.3 Å². The minimum atomic E-state index is -5.37. The smallest absolute Gasteiger partial charge is 0.387 e. The molecule has 2 heterocycles. The van der Waals surface area contributed by atoms with Gasteiger partial charge in [0.15, 0.2) is 12.0 Å². The van der Waals surface area contributed by atoms with E-state index in [4.69, 9.17) is 14.5 Å². The number of ketones is 1. The van der Waals surface area contributed by atoms with Crippen LogP contribution in [0.1, 0.15) is 16.8 Å². The summed E-state index contributed by atoms with van der Waals surface area (Å²) in [5.41, 5.74) is 0.274. The van der Waals surface area contributed by atoms with Crippen LogP contribution in [0.4, 0.5) is 4.79 Å². The number of amides is 3. The molecule has 34 heavy (non-hydrogen) atoms. The van der Waals surface area contributed by atoms with Gasteiger partial charge in [0, 0.05) is 18.5 Å². The first-order valence-corrected chi connectivity index (χ1v) is 12.8. The van der Waals surface area contributed by atoms with Gasteiger partial charge < -0.3 is 29.6 Å². The molecule has 5 N–H and O–H groups in total. The maximum atomic E-state index is 12.9. The van der Waals surface area contributed by atoms with Crippen LogP contribution in [0.25, 0.3) is 0 Å². The molecule has 0 aromatic heterocycles. The van der Waals surface area contributed by atoms with Crippen molar-refractivity contribution in [1.82, 2.24) is 9.80 Å². The number of benzene rings is 1. The van der Waals surface area contributed by atoms with Crippen LogP contribution in [0.5, 0.6) is 0 Å². The first-order chi connectivity index (χ1) is 15.8. The molecular formula is C17H22N2O13P2. The van der Waals surface area contributed by atoms with Crippen LogP contribution in [0, 0.1) is 0 Å². The van der Waals surface area contributed by atoms with Gasteiger partial charge in [-0.2, -0.15) is 4.31 Å². The highest BCUT2D eigenvalue weighted by molar-refractivity contribution is 7.60. The quantitative estimate of drug-likeness (QED) is 0.197. The van der Waals surface area contributed by atoms with Crippen molar-refractivity contribution in [3.05, 3.63) is 35.9 Å². The fourth-order valence-electron chi connectivity index (χ4n) is 3.41. The lowest BCUT2D eigenvalue weighted by Crippen LogP contribution is -2.59. The third-order valence-corrected chi connectivity index (χ3v) is 7.15. The summed E-state index contributed by atoms with van der Waals surface area (Å²) in [5, 5.41) is 20.5. The predicted molar refractivity (Wildman–Crippen MR) is 109 cm³/mol. The highest BCUT2D eigenvalue weighted by Gasteiger charge is 2.50. The number of hydrogen-bond acceptors (Lipinski definition) is 10. The van der Waals surface area contributed by atoms with Crippen molar-refractivity contribution >= 4 is 33.4 Å². The first kappa shape index (κ1) is 26.6. The summed E-state index contributed by atoms with van der Waals surface area (Å²) >= 11 is 0. The molecular weight excluding hydrogens is 502 g/mol. The average molecular weight is 524 g/mol. The van der Waals surface area contributed by atoms with Crippen molar-refractivity contribution in [3.63, 3.8) is 0 Å². The minimum absolute atomic E-state index is 0.209. The SMILES string of the molecule is O=C(CN1C(=O)CCN([C@@H]2O[C@H](COP(=O)(O)OP(=O)(O)O)[C@@H](O)[C@H]2O)C1=O)c1ccccc1. The first-order valence-electron chi connectivity index (χ1n) is 9.74. The Hall–Kier alpha value is -2.03. The summed E-state index contributed by atoms with van der Waals surface area (Å²) in [6.45, 7) is -1.72. The van der Waals surface area contributed by atoms with Gasteiger partial charge in [0.1, 0.15) is 18.3 Å². The number of rotatable bonds is 9. The van der Waals surface area contributed by atoms with E-state index in [2.05, 4.69) is 8.83 Å². The molecule has 3 amide bonds. The van der Waals surface area contributed by atoms with E-state index in [0.717, 1.165) is 4.90 Å². The maximum Gasteiger partial charge on any atom is 0.481 e. The molecule has 2 fully saturated rings. The highest BCUT2D eigenvalue weighted by atomic mass is 31.3. The molecule has 2 aliphatic heterocycles. The van der Waals surface area contributed by atoms with Gasteiger partial charge in [-0.3, -0.25) is 23.9 Å². The molecule has 0 radical (unpaired) electrons. The molecule has 0 saturated carbocycles. The minimum Gasteiger partial charge on any atom is -0.387 e. The zero-order chi connectivity index (χ0) is 25.3. The zero-order valence-corrected chi connectivity index (χ0v) is 19.1. The van der Waals surface area contributed by atoms with Gasteiger partial charge >= 0.3 is 21.7 Å². The van der Waals surface area contributed by atoms with E-state index in [9.17, 15) is 38.6 Å². The van der Waals surface area contributed by atoms with E-state index in [1.807, 2.05) is 0 Å². The lowest BCUT2D eigenvalue weighted by Gasteiger charge is -2.37. The third-order valence-electron chi connectivity index (χ3n) is 5.00. The number of phosphoric ester groups is 1. The Balaban J connectivity index is 1.67. The Morgan fingerprint density at radius 1 is 1.09 bits per heavy atom. The van der Waals surface area contributed by atoms with E-state index in [0.29, 0.717) is 4.90 Å². The Morgan fingerprint density at radius 2 is 1.74 bits per heavy atom. The van der Waals surface area contributed by atoms with Gasteiger partial charge in [0.05, 0.1) is 13.2 Å². The molecule has 1 aromatic carbocycles. The number of Topliss-reactive ketones (excluding diaryl/α,β-unsaturated/α-hetero) is 1. The summed E-state index contributed by atoms with van der Waals surface area (Å²) in [6, 6.07) is 6.98. The number of ether oxygens (including phenoxy) is 1. The van der Waals surface area contributed by atoms with Crippen LogP contribution in [-0.4, -0.2) is 96.7 Å². The number of urea groups is 1. The standard InChI is InChI=1S/C17H22N2O13P2/c20-11(10-4-2-1-3-5-10)8-19-13(21)6-7-18(17(19)24)16-15(23)14(22)12(31-16)9-30-34(28,29)32-33(25,26)27/h1-5,12,14-16,22-23H,6-9H2,(H,28,29)(H2,25,26,27)/t12-,14-,15-,16-/m1/s1. The summed E-state index contributed by atoms with van der Waals surface area (Å²) in [5.74, 6) is -1.14. The monoisotopic (exact) mass is 524 g/mol. The van der Waals surface area contributed by atoms with Crippen molar-refractivity contribution in [2.45, 2.75) is 31.0 Å². The molecule has 1 aromatic rings. The van der Waals surface area contributed by atoms with E-state index in [-0.39, 0.29) is 18.5 Å². The van der Waals surface area contributed by atoms with Crippen molar-refractivity contribution in [2.24, 2.45) is 0 Å². The molecule has 5 atom stereocenters. The Labute approximate surface area is 192 Å². The summed E-state index contributed by atoms with van der Waals surface area (Å²) < 4.78 is 35.7. The van der Waals surface area contributed by atoms with Gasteiger partial charge in [0.2, 0.25) is 5.91 Å². The lowest BCUT2D eigenvalue weighted by atomic mass is 10.1. The lowest BCUT2D eigenvalue weighted by molar-refractivity contribution is -0.136. The van der Waals surface area contributed by atoms with E-state index < -0.39 is 71.1 Å². The van der Waals surface area contributed by atoms with E-state index >= 15 is 0 Å². The molecule has 0 bridgehead atoms. The Morgan fingerprint density at radius 3 is 2.35 bits per heavy atom. The number of aliphatic hydroxyl groups is 2. The van der Waals surface area contributed by atoms with Crippen molar-refractivity contribution < 1.29 is 62.0 Å². The van der Waals surface area contributed by atoms with Crippen LogP contribution in [0.2, 0.25) is 0 Å². The van der Waals surface area contributed by atoms with Gasteiger partial charge in [-0.15, -0.1) is 0 Å². The second kappa shape index (κ2) is 10.3. The summed E-state index contributed by atoms with van der Waals surface area (Å²) in [7, 11) is -10.6. The fraction of sp³-hybridized carbons (Fsp3) is 0.471. The van der Waals surface area contributed by atoms with Crippen molar-refractivity contribution in [1.29, 1.82) is 0 Å². The molecule has 1 unspecified atom stereocenters. The van der Waals surface area contributed by atoms with E-state index in [1.165, 1.54) is 12.1 Å². The van der Waals surface area contributed by atoms with Crippen LogP contribution in [-0.2, 0) is 27.5 Å². The van der Waals surface area contributed by atoms with Crippen molar-refractivity contribution in [2.75, 3.05) is 19.7 Å². The molecule has 2 aliphatic rings. The summed E-state index contributed by atoms with van der Waals surface area (Å²) in [4.78, 5) is 65.8. The number of nitrogens with zero attached hydrogens (tertiary/aromatic N) is 2. The third kappa shape index (κ3) is 6.34. The zero-order valence-electron chi connectivity index (χ0n) is 17.3. The second-order valence-electron chi connectivity index (χ2n) is 7.38. The maximum absolute atomic E-state index is 12.9. The Bertz CT molecular complexity index is 1030. The number of carbonyl (C=O) groups is 3. The van der Waals surface area contributed by atoms with Crippen LogP contribution < -0.4 is 0 Å². The van der Waals surface area contributed by atoms with Gasteiger partial charge in [-0.1, -0.05) is 30.3 Å². The topological polar surface area (TPSA) is 221 Å².